The molecule has 0 aromatic carbocycles. The van der Waals surface area contributed by atoms with Crippen molar-refractivity contribution in [2.24, 2.45) is 11.5 Å². The fraction of sp³-hybridized carbons (Fsp3) is 0.750. The van der Waals surface area contributed by atoms with Crippen LogP contribution in [0.15, 0.2) is 0 Å². The van der Waals surface area contributed by atoms with E-state index in [0.29, 0.717) is 6.61 Å². The monoisotopic (exact) mass is 188 g/mol. The molecule has 4 N–H and O–H groups in total. The molecule has 0 spiro atoms. The van der Waals surface area contributed by atoms with E-state index in [1.165, 1.54) is 0 Å². The van der Waals surface area contributed by atoms with Crippen LogP contribution in [0.2, 0.25) is 0 Å². The maximum Gasteiger partial charge on any atom is 0.323 e. The smallest absolute Gasteiger partial charge is 0.323 e. The van der Waals surface area contributed by atoms with E-state index in [0.717, 1.165) is 12.8 Å². The Balaban J connectivity index is 3.63. The molecule has 0 saturated carbocycles. The third-order valence-corrected chi connectivity index (χ3v) is 1.47. The Labute approximate surface area is 77.4 Å². The van der Waals surface area contributed by atoms with Crippen molar-refractivity contribution in [1.29, 1.82) is 0 Å². The second-order valence-electron chi connectivity index (χ2n) is 2.80. The number of hydrogen-bond donors (Lipinski definition) is 2. The largest absolute Gasteiger partial charge is 0.465 e. The molecule has 0 saturated heterocycles. The van der Waals surface area contributed by atoms with Gasteiger partial charge in [-0.05, 0) is 6.42 Å². The highest BCUT2D eigenvalue weighted by Gasteiger charge is 2.16. The van der Waals surface area contributed by atoms with Gasteiger partial charge in [0.25, 0.3) is 0 Å². The predicted octanol–water partition coefficient (Wildman–Crippen LogP) is -0.468. The quantitative estimate of drug-likeness (QED) is 0.435. The summed E-state index contributed by atoms with van der Waals surface area (Å²) in [4.78, 5) is 21.4. The molecule has 0 heterocycles. The molecule has 13 heavy (non-hydrogen) atoms. The average molecular weight is 188 g/mol. The molecule has 0 aromatic heterocycles. The van der Waals surface area contributed by atoms with Gasteiger partial charge in [0.15, 0.2) is 0 Å². The lowest BCUT2D eigenvalue weighted by molar-refractivity contribution is -0.146. The third kappa shape index (κ3) is 6.10. The van der Waals surface area contributed by atoms with Crippen molar-refractivity contribution in [2.75, 3.05) is 6.61 Å². The van der Waals surface area contributed by atoms with E-state index < -0.39 is 17.9 Å². The van der Waals surface area contributed by atoms with Crippen LogP contribution >= 0.6 is 0 Å². The lowest BCUT2D eigenvalue weighted by Gasteiger charge is -2.08. The number of unbranched alkanes of at least 4 members (excludes halogenated alkanes) is 1. The van der Waals surface area contributed by atoms with E-state index in [1.807, 2.05) is 6.92 Å². The molecule has 76 valence electrons. The summed E-state index contributed by atoms with van der Waals surface area (Å²) in [6.45, 7) is 2.33. The first-order valence-corrected chi connectivity index (χ1v) is 4.28. The van der Waals surface area contributed by atoms with Crippen LogP contribution in [0.25, 0.3) is 0 Å². The minimum Gasteiger partial charge on any atom is -0.465 e. The van der Waals surface area contributed by atoms with E-state index in [4.69, 9.17) is 16.2 Å². The number of carbonyl (C=O) groups is 2. The molecule has 0 rings (SSSR count). The maximum atomic E-state index is 11.0. The van der Waals surface area contributed by atoms with Crippen molar-refractivity contribution in [2.45, 2.75) is 32.2 Å². The first-order valence-electron chi connectivity index (χ1n) is 4.28. The van der Waals surface area contributed by atoms with Crippen molar-refractivity contribution < 1.29 is 14.3 Å². The summed E-state index contributed by atoms with van der Waals surface area (Å²) >= 11 is 0. The van der Waals surface area contributed by atoms with Crippen LogP contribution in [0.3, 0.4) is 0 Å². The number of ether oxygens (including phenoxy) is 1. The Kier molecular flexibility index (Phi) is 5.88. The van der Waals surface area contributed by atoms with E-state index in [-0.39, 0.29) is 6.42 Å². The Hall–Kier alpha value is -1.10. The molecule has 5 heteroatoms. The highest BCUT2D eigenvalue weighted by Crippen LogP contribution is 1.94. The minimum atomic E-state index is -0.922. The van der Waals surface area contributed by atoms with Crippen molar-refractivity contribution in [1.82, 2.24) is 0 Å². The van der Waals surface area contributed by atoms with Crippen LogP contribution in [0.1, 0.15) is 26.2 Å². The van der Waals surface area contributed by atoms with Crippen LogP contribution in [0.5, 0.6) is 0 Å². The molecule has 5 nitrogen and oxygen atoms in total. The van der Waals surface area contributed by atoms with Crippen molar-refractivity contribution in [3.8, 4) is 0 Å². The number of primary amides is 1. The van der Waals surface area contributed by atoms with Crippen LogP contribution in [0.4, 0.5) is 0 Å². The highest BCUT2D eigenvalue weighted by molar-refractivity contribution is 5.84. The van der Waals surface area contributed by atoms with Crippen LogP contribution in [-0.2, 0) is 14.3 Å². The molecule has 0 aliphatic rings. The van der Waals surface area contributed by atoms with Gasteiger partial charge in [-0.25, -0.2) is 0 Å². The zero-order valence-corrected chi connectivity index (χ0v) is 7.79. The molecule has 0 aliphatic heterocycles. The minimum absolute atomic E-state index is 0.162. The van der Waals surface area contributed by atoms with Gasteiger partial charge in [0.1, 0.15) is 6.04 Å². The van der Waals surface area contributed by atoms with Crippen molar-refractivity contribution in [3.63, 3.8) is 0 Å². The molecular formula is C8H16N2O3. The van der Waals surface area contributed by atoms with Gasteiger partial charge >= 0.3 is 5.97 Å². The van der Waals surface area contributed by atoms with E-state index >= 15 is 0 Å². The number of nitrogens with two attached hydrogens (primary N) is 2. The second-order valence-corrected chi connectivity index (χ2v) is 2.80. The Morgan fingerprint density at radius 2 is 2.08 bits per heavy atom. The zero-order valence-electron chi connectivity index (χ0n) is 7.79. The lowest BCUT2D eigenvalue weighted by Crippen LogP contribution is -2.36. The first-order chi connectivity index (χ1) is 6.07. The number of carbonyl (C=O) groups excluding carboxylic acids is 2. The normalized spacial score (nSPS) is 12.2. The molecule has 0 aromatic rings. The molecule has 0 aliphatic carbocycles. The number of hydrogen-bond acceptors (Lipinski definition) is 4. The van der Waals surface area contributed by atoms with Gasteiger partial charge in [-0.3, -0.25) is 9.59 Å². The lowest BCUT2D eigenvalue weighted by atomic mass is 10.2. The predicted molar refractivity (Wildman–Crippen MR) is 47.7 cm³/mol. The molecule has 0 radical (unpaired) electrons. The highest BCUT2D eigenvalue weighted by atomic mass is 16.5. The van der Waals surface area contributed by atoms with Crippen LogP contribution < -0.4 is 11.5 Å². The Bertz CT molecular complexity index is 182. The third-order valence-electron chi connectivity index (χ3n) is 1.47. The summed E-state index contributed by atoms with van der Waals surface area (Å²) < 4.78 is 4.77. The molecule has 0 fully saturated rings. The van der Waals surface area contributed by atoms with Gasteiger partial charge in [-0.1, -0.05) is 13.3 Å². The molecule has 0 bridgehead atoms. The van der Waals surface area contributed by atoms with Crippen molar-refractivity contribution >= 4 is 11.9 Å². The van der Waals surface area contributed by atoms with Gasteiger partial charge < -0.3 is 16.2 Å². The number of esters is 1. The summed E-state index contributed by atoms with van der Waals surface area (Å²) in [6.07, 6.45) is 1.58. The SMILES string of the molecule is CCCCOC(=O)[C@@H](N)CC(N)=O. The number of rotatable bonds is 6. The summed E-state index contributed by atoms with van der Waals surface area (Å²) in [5.74, 6) is -1.16. The summed E-state index contributed by atoms with van der Waals surface area (Å²) in [7, 11) is 0. The Morgan fingerprint density at radius 1 is 1.46 bits per heavy atom. The first kappa shape index (κ1) is 11.9. The topological polar surface area (TPSA) is 95.4 Å². The Morgan fingerprint density at radius 3 is 2.54 bits per heavy atom. The van der Waals surface area contributed by atoms with Gasteiger partial charge in [-0.2, -0.15) is 0 Å². The zero-order chi connectivity index (χ0) is 10.3. The van der Waals surface area contributed by atoms with Crippen LogP contribution in [-0.4, -0.2) is 24.5 Å². The van der Waals surface area contributed by atoms with Gasteiger partial charge in [0.05, 0.1) is 13.0 Å². The average Bonchev–Trinajstić information content (AvgIpc) is 2.03. The van der Waals surface area contributed by atoms with Gasteiger partial charge in [0, 0.05) is 0 Å². The van der Waals surface area contributed by atoms with E-state index in [2.05, 4.69) is 0 Å². The van der Waals surface area contributed by atoms with Gasteiger partial charge in [0.2, 0.25) is 5.91 Å². The van der Waals surface area contributed by atoms with Crippen molar-refractivity contribution in [3.05, 3.63) is 0 Å². The van der Waals surface area contributed by atoms with Crippen LogP contribution in [0, 0.1) is 0 Å². The summed E-state index contributed by atoms with van der Waals surface area (Å²) in [6, 6.07) is -0.922. The number of amides is 1. The maximum absolute atomic E-state index is 11.0. The molecular weight excluding hydrogens is 172 g/mol. The molecule has 1 amide bonds. The van der Waals surface area contributed by atoms with E-state index in [1.54, 1.807) is 0 Å². The molecule has 0 unspecified atom stereocenters. The summed E-state index contributed by atoms with van der Waals surface area (Å²) in [5, 5.41) is 0. The fourth-order valence-corrected chi connectivity index (χ4v) is 0.724. The van der Waals surface area contributed by atoms with Gasteiger partial charge in [-0.15, -0.1) is 0 Å². The standard InChI is InChI=1S/C8H16N2O3/c1-2-3-4-13-8(12)6(9)5-7(10)11/h6H,2-5,9H2,1H3,(H2,10,11)/t6-/m0/s1. The second kappa shape index (κ2) is 6.42. The van der Waals surface area contributed by atoms with E-state index in [9.17, 15) is 9.59 Å². The molecule has 1 atom stereocenters. The fourth-order valence-electron chi connectivity index (χ4n) is 0.724. The summed E-state index contributed by atoms with van der Waals surface area (Å²) in [5.41, 5.74) is 10.2.